The SMILES string of the molecule is COc1ccc(N=Cc2nc(-c3ccccc3)n3ccccc23)c(OC)c1. The normalized spacial score (nSPS) is 11.2. The molecule has 0 aliphatic carbocycles. The molecule has 0 radical (unpaired) electrons. The minimum Gasteiger partial charge on any atom is -0.497 e. The number of nitrogens with zero attached hydrogens (tertiary/aromatic N) is 3. The first-order valence-corrected chi connectivity index (χ1v) is 8.59. The number of ether oxygens (including phenoxy) is 2. The predicted molar refractivity (Wildman–Crippen MR) is 107 cm³/mol. The molecule has 0 atom stereocenters. The highest BCUT2D eigenvalue weighted by Gasteiger charge is 2.11. The average Bonchev–Trinajstić information content (AvgIpc) is 3.11. The van der Waals surface area contributed by atoms with Crippen molar-refractivity contribution in [1.82, 2.24) is 9.38 Å². The monoisotopic (exact) mass is 357 g/mol. The van der Waals surface area contributed by atoms with Crippen molar-refractivity contribution < 1.29 is 9.47 Å². The largest absolute Gasteiger partial charge is 0.497 e. The van der Waals surface area contributed by atoms with Crippen molar-refractivity contribution in [2.75, 3.05) is 14.2 Å². The molecule has 0 saturated heterocycles. The molecule has 0 amide bonds. The Balaban J connectivity index is 1.78. The van der Waals surface area contributed by atoms with Gasteiger partial charge in [-0.25, -0.2) is 4.98 Å². The van der Waals surface area contributed by atoms with Crippen molar-refractivity contribution in [2.45, 2.75) is 0 Å². The fraction of sp³-hybridized carbons (Fsp3) is 0.0909. The fourth-order valence-corrected chi connectivity index (χ4v) is 2.97. The second-order valence-electron chi connectivity index (χ2n) is 5.94. The van der Waals surface area contributed by atoms with E-state index >= 15 is 0 Å². The Morgan fingerprint density at radius 2 is 1.74 bits per heavy atom. The van der Waals surface area contributed by atoms with E-state index in [0.29, 0.717) is 5.75 Å². The molecule has 4 aromatic rings. The zero-order valence-electron chi connectivity index (χ0n) is 15.2. The summed E-state index contributed by atoms with van der Waals surface area (Å²) in [5.74, 6) is 2.26. The molecule has 4 rings (SSSR count). The van der Waals surface area contributed by atoms with Crippen LogP contribution in [-0.2, 0) is 0 Å². The second kappa shape index (κ2) is 7.33. The Morgan fingerprint density at radius 1 is 0.926 bits per heavy atom. The molecule has 5 nitrogen and oxygen atoms in total. The van der Waals surface area contributed by atoms with Gasteiger partial charge in [0, 0.05) is 17.8 Å². The van der Waals surface area contributed by atoms with Gasteiger partial charge >= 0.3 is 0 Å². The van der Waals surface area contributed by atoms with Crippen LogP contribution in [0.4, 0.5) is 5.69 Å². The summed E-state index contributed by atoms with van der Waals surface area (Å²) in [6.45, 7) is 0. The summed E-state index contributed by atoms with van der Waals surface area (Å²) in [7, 11) is 3.24. The number of imidazole rings is 1. The van der Waals surface area contributed by atoms with Crippen LogP contribution in [0.2, 0.25) is 0 Å². The van der Waals surface area contributed by atoms with Gasteiger partial charge in [-0.05, 0) is 24.3 Å². The molecule has 0 fully saturated rings. The Morgan fingerprint density at radius 3 is 2.52 bits per heavy atom. The molecule has 0 aliphatic rings. The van der Waals surface area contributed by atoms with Crippen LogP contribution in [0.15, 0.2) is 77.9 Å². The van der Waals surface area contributed by atoms with E-state index < -0.39 is 0 Å². The average molecular weight is 357 g/mol. The molecule has 2 heterocycles. The van der Waals surface area contributed by atoms with E-state index in [9.17, 15) is 0 Å². The second-order valence-corrected chi connectivity index (χ2v) is 5.94. The number of aliphatic imine (C=N–C) groups is 1. The summed E-state index contributed by atoms with van der Waals surface area (Å²) >= 11 is 0. The zero-order valence-corrected chi connectivity index (χ0v) is 15.2. The van der Waals surface area contributed by atoms with Gasteiger partial charge in [-0.15, -0.1) is 0 Å². The summed E-state index contributed by atoms with van der Waals surface area (Å²) < 4.78 is 12.7. The van der Waals surface area contributed by atoms with E-state index in [1.807, 2.05) is 60.8 Å². The smallest absolute Gasteiger partial charge is 0.148 e. The Labute approximate surface area is 157 Å². The maximum absolute atomic E-state index is 5.42. The minimum atomic E-state index is 0.650. The van der Waals surface area contributed by atoms with Crippen LogP contribution in [-0.4, -0.2) is 29.8 Å². The lowest BCUT2D eigenvalue weighted by Gasteiger charge is -2.06. The molecule has 134 valence electrons. The topological polar surface area (TPSA) is 48.1 Å². The van der Waals surface area contributed by atoms with E-state index in [1.165, 1.54) is 0 Å². The molecular formula is C22H19N3O2. The molecule has 0 spiro atoms. The van der Waals surface area contributed by atoms with E-state index in [0.717, 1.165) is 34.0 Å². The van der Waals surface area contributed by atoms with Crippen LogP contribution in [0.3, 0.4) is 0 Å². The third kappa shape index (κ3) is 3.27. The number of benzene rings is 2. The third-order valence-electron chi connectivity index (χ3n) is 4.32. The summed E-state index contributed by atoms with van der Waals surface area (Å²) in [5, 5.41) is 0. The molecule has 2 aromatic heterocycles. The standard InChI is InChI=1S/C22H19N3O2/c1-26-17-11-12-18(21(14-17)27-2)23-15-19-20-10-6-7-13-25(20)22(24-19)16-8-4-3-5-9-16/h3-15H,1-2H3. The van der Waals surface area contributed by atoms with Crippen LogP contribution in [0.5, 0.6) is 11.5 Å². The van der Waals surface area contributed by atoms with Crippen molar-refractivity contribution in [2.24, 2.45) is 4.99 Å². The van der Waals surface area contributed by atoms with Gasteiger partial charge < -0.3 is 9.47 Å². The van der Waals surface area contributed by atoms with Gasteiger partial charge in [-0.1, -0.05) is 36.4 Å². The van der Waals surface area contributed by atoms with Crippen LogP contribution in [0.25, 0.3) is 16.9 Å². The first-order chi connectivity index (χ1) is 13.3. The van der Waals surface area contributed by atoms with Gasteiger partial charge in [0.2, 0.25) is 0 Å². The predicted octanol–water partition coefficient (Wildman–Crippen LogP) is 4.77. The lowest BCUT2D eigenvalue weighted by Crippen LogP contribution is -1.88. The number of methoxy groups -OCH3 is 2. The maximum atomic E-state index is 5.42. The zero-order chi connectivity index (χ0) is 18.6. The highest BCUT2D eigenvalue weighted by Crippen LogP contribution is 2.31. The Bertz CT molecular complexity index is 1100. The molecule has 0 unspecified atom stereocenters. The first-order valence-electron chi connectivity index (χ1n) is 8.59. The van der Waals surface area contributed by atoms with Gasteiger partial charge in [0.15, 0.2) is 0 Å². The molecule has 5 heteroatoms. The number of pyridine rings is 1. The maximum Gasteiger partial charge on any atom is 0.148 e. The van der Waals surface area contributed by atoms with Gasteiger partial charge in [-0.2, -0.15) is 0 Å². The summed E-state index contributed by atoms with van der Waals surface area (Å²) in [5.41, 5.74) is 3.57. The van der Waals surface area contributed by atoms with Gasteiger partial charge in [0.1, 0.15) is 28.7 Å². The molecule has 0 saturated carbocycles. The van der Waals surface area contributed by atoms with Gasteiger partial charge in [-0.3, -0.25) is 9.39 Å². The molecule has 0 aliphatic heterocycles. The van der Waals surface area contributed by atoms with Gasteiger partial charge in [0.05, 0.1) is 26.0 Å². The quantitative estimate of drug-likeness (QED) is 0.484. The van der Waals surface area contributed by atoms with Crippen molar-refractivity contribution in [3.05, 3.63) is 78.6 Å². The number of hydrogen-bond acceptors (Lipinski definition) is 4. The molecular weight excluding hydrogens is 338 g/mol. The lowest BCUT2D eigenvalue weighted by atomic mass is 10.2. The van der Waals surface area contributed by atoms with E-state index in [-0.39, 0.29) is 0 Å². The minimum absolute atomic E-state index is 0.650. The first kappa shape index (κ1) is 16.8. The van der Waals surface area contributed by atoms with E-state index in [1.54, 1.807) is 20.4 Å². The number of rotatable bonds is 5. The van der Waals surface area contributed by atoms with Crippen molar-refractivity contribution in [3.8, 4) is 22.9 Å². The van der Waals surface area contributed by atoms with E-state index in [4.69, 9.17) is 14.5 Å². The summed E-state index contributed by atoms with van der Waals surface area (Å²) in [6.07, 6.45) is 3.78. The molecule has 2 aromatic carbocycles. The number of hydrogen-bond donors (Lipinski definition) is 0. The van der Waals surface area contributed by atoms with E-state index in [2.05, 4.69) is 21.5 Å². The van der Waals surface area contributed by atoms with Crippen LogP contribution >= 0.6 is 0 Å². The highest BCUT2D eigenvalue weighted by atomic mass is 16.5. The molecule has 0 bridgehead atoms. The third-order valence-corrected chi connectivity index (χ3v) is 4.32. The van der Waals surface area contributed by atoms with Crippen molar-refractivity contribution in [1.29, 1.82) is 0 Å². The van der Waals surface area contributed by atoms with Gasteiger partial charge in [0.25, 0.3) is 0 Å². The fourth-order valence-electron chi connectivity index (χ4n) is 2.97. The summed E-state index contributed by atoms with van der Waals surface area (Å²) in [6, 6.07) is 21.7. The Hall–Kier alpha value is -3.60. The summed E-state index contributed by atoms with van der Waals surface area (Å²) in [4.78, 5) is 9.41. The number of fused-ring (bicyclic) bond motifs is 1. The molecule has 0 N–H and O–H groups in total. The Kier molecular flexibility index (Phi) is 4.58. The lowest BCUT2D eigenvalue weighted by molar-refractivity contribution is 0.395. The van der Waals surface area contributed by atoms with Crippen LogP contribution < -0.4 is 9.47 Å². The van der Waals surface area contributed by atoms with Crippen LogP contribution in [0.1, 0.15) is 5.69 Å². The number of aromatic nitrogens is 2. The van der Waals surface area contributed by atoms with Crippen molar-refractivity contribution in [3.63, 3.8) is 0 Å². The van der Waals surface area contributed by atoms with Crippen molar-refractivity contribution >= 4 is 17.4 Å². The highest BCUT2D eigenvalue weighted by molar-refractivity contribution is 5.90. The van der Waals surface area contributed by atoms with Crippen LogP contribution in [0, 0.1) is 0 Å². The molecule has 27 heavy (non-hydrogen) atoms.